The van der Waals surface area contributed by atoms with Crippen LogP contribution in [0.4, 0.5) is 0 Å². The zero-order chi connectivity index (χ0) is 11.8. The van der Waals surface area contributed by atoms with Crippen LogP contribution in [0.25, 0.3) is 0 Å². The molecule has 2 rings (SSSR count). The molecule has 2 heteroatoms. The van der Waals surface area contributed by atoms with Gasteiger partial charge < -0.3 is 10.5 Å². The van der Waals surface area contributed by atoms with Gasteiger partial charge in [0.2, 0.25) is 0 Å². The molecule has 90 valence electrons. The summed E-state index contributed by atoms with van der Waals surface area (Å²) < 4.78 is 5.86. The molecule has 0 amide bonds. The fraction of sp³-hybridized carbons (Fsp3) is 0.571. The minimum Gasteiger partial charge on any atom is -0.490 e. The number of hydrogen-bond acceptors (Lipinski definition) is 2. The van der Waals surface area contributed by atoms with Gasteiger partial charge in [-0.05, 0) is 43.4 Å². The van der Waals surface area contributed by atoms with E-state index in [0.717, 1.165) is 11.3 Å². The summed E-state index contributed by atoms with van der Waals surface area (Å²) in [5, 5.41) is 0. The number of hydrogen-bond donors (Lipinski definition) is 1. The van der Waals surface area contributed by atoms with E-state index in [1.54, 1.807) is 0 Å². The first kappa shape index (κ1) is 13.0. The van der Waals surface area contributed by atoms with E-state index >= 15 is 0 Å². The molecule has 0 heterocycles. The smallest absolute Gasteiger partial charge is 0.120 e. The van der Waals surface area contributed by atoms with E-state index in [1.165, 1.54) is 25.7 Å². The maximum Gasteiger partial charge on any atom is 0.120 e. The summed E-state index contributed by atoms with van der Waals surface area (Å²) in [6.07, 6.45) is 5.45. The lowest BCUT2D eigenvalue weighted by atomic mass is 10.2. The van der Waals surface area contributed by atoms with Crippen LogP contribution in [0.1, 0.15) is 45.1 Å². The summed E-state index contributed by atoms with van der Waals surface area (Å²) in [7, 11) is 0. The molecule has 1 fully saturated rings. The Morgan fingerprint density at radius 2 is 1.94 bits per heavy atom. The zero-order valence-corrected chi connectivity index (χ0v) is 10.4. The zero-order valence-electron chi connectivity index (χ0n) is 10.4. The molecule has 0 radical (unpaired) electrons. The van der Waals surface area contributed by atoms with E-state index in [4.69, 9.17) is 10.5 Å². The van der Waals surface area contributed by atoms with E-state index in [1.807, 2.05) is 38.1 Å². The third-order valence-electron chi connectivity index (χ3n) is 2.74. The number of nitrogens with two attached hydrogens (primary N) is 1. The van der Waals surface area contributed by atoms with Gasteiger partial charge in [0.05, 0.1) is 6.10 Å². The molecule has 0 aromatic heterocycles. The molecule has 2 nitrogen and oxygen atoms in total. The quantitative estimate of drug-likeness (QED) is 0.848. The van der Waals surface area contributed by atoms with Crippen LogP contribution in [0.15, 0.2) is 24.3 Å². The molecule has 1 saturated carbocycles. The van der Waals surface area contributed by atoms with Crippen LogP contribution in [-0.2, 0) is 6.54 Å². The highest BCUT2D eigenvalue weighted by atomic mass is 16.5. The van der Waals surface area contributed by atoms with Crippen molar-refractivity contribution in [2.45, 2.75) is 52.2 Å². The Hall–Kier alpha value is -1.02. The molecule has 0 unspecified atom stereocenters. The largest absolute Gasteiger partial charge is 0.490 e. The van der Waals surface area contributed by atoms with Gasteiger partial charge in [0.15, 0.2) is 0 Å². The Morgan fingerprint density at radius 3 is 2.56 bits per heavy atom. The van der Waals surface area contributed by atoms with Crippen molar-refractivity contribution in [2.75, 3.05) is 0 Å². The first-order valence-corrected chi connectivity index (χ1v) is 6.34. The van der Waals surface area contributed by atoms with Crippen molar-refractivity contribution in [1.29, 1.82) is 0 Å². The molecule has 1 aliphatic rings. The van der Waals surface area contributed by atoms with Gasteiger partial charge in [0, 0.05) is 6.54 Å². The summed E-state index contributed by atoms with van der Waals surface area (Å²) >= 11 is 0. The molecule has 1 aromatic rings. The Labute approximate surface area is 98.8 Å². The average molecular weight is 221 g/mol. The topological polar surface area (TPSA) is 35.2 Å². The first-order valence-electron chi connectivity index (χ1n) is 6.34. The molecule has 0 spiro atoms. The van der Waals surface area contributed by atoms with Crippen LogP contribution in [0.2, 0.25) is 0 Å². The summed E-state index contributed by atoms with van der Waals surface area (Å²) in [5.74, 6) is 0.972. The van der Waals surface area contributed by atoms with Crippen LogP contribution >= 0.6 is 0 Å². The second-order valence-corrected chi connectivity index (χ2v) is 3.88. The van der Waals surface area contributed by atoms with Gasteiger partial charge in [-0.25, -0.2) is 0 Å². The fourth-order valence-electron chi connectivity index (χ4n) is 1.94. The number of rotatable bonds is 3. The van der Waals surface area contributed by atoms with E-state index in [0.29, 0.717) is 12.6 Å². The van der Waals surface area contributed by atoms with E-state index < -0.39 is 0 Å². The van der Waals surface area contributed by atoms with Crippen LogP contribution in [0.3, 0.4) is 0 Å². The lowest BCUT2D eigenvalue weighted by Crippen LogP contribution is -2.11. The standard InChI is InChI=1S/C12H17NO.C2H6/c13-9-10-4-3-7-12(8-10)14-11-5-1-2-6-11;1-2/h3-4,7-8,11H,1-2,5-6,9,13H2;1-2H3. The lowest BCUT2D eigenvalue weighted by molar-refractivity contribution is 0.210. The Morgan fingerprint density at radius 1 is 1.25 bits per heavy atom. The Balaban J connectivity index is 0.000000606. The second kappa shape index (κ2) is 7.29. The van der Waals surface area contributed by atoms with Crippen LogP contribution in [-0.4, -0.2) is 6.10 Å². The molecule has 16 heavy (non-hydrogen) atoms. The minimum atomic E-state index is 0.433. The summed E-state index contributed by atoms with van der Waals surface area (Å²) in [6, 6.07) is 8.09. The van der Waals surface area contributed by atoms with Gasteiger partial charge >= 0.3 is 0 Å². The second-order valence-electron chi connectivity index (χ2n) is 3.88. The molecule has 0 atom stereocenters. The minimum absolute atomic E-state index is 0.433. The number of benzene rings is 1. The van der Waals surface area contributed by atoms with Gasteiger partial charge in [0.1, 0.15) is 5.75 Å². The summed E-state index contributed by atoms with van der Waals surface area (Å²) in [6.45, 7) is 4.59. The maximum atomic E-state index is 5.86. The highest BCUT2D eigenvalue weighted by molar-refractivity contribution is 5.28. The predicted molar refractivity (Wildman–Crippen MR) is 68.6 cm³/mol. The van der Waals surface area contributed by atoms with Gasteiger partial charge in [0.25, 0.3) is 0 Å². The number of ether oxygens (including phenoxy) is 1. The first-order chi connectivity index (χ1) is 7.88. The van der Waals surface area contributed by atoms with Crippen molar-refractivity contribution in [3.8, 4) is 5.75 Å². The van der Waals surface area contributed by atoms with Crippen LogP contribution < -0.4 is 10.5 Å². The monoisotopic (exact) mass is 221 g/mol. The van der Waals surface area contributed by atoms with Gasteiger partial charge in [-0.2, -0.15) is 0 Å². The van der Waals surface area contributed by atoms with Crippen LogP contribution in [0.5, 0.6) is 5.75 Å². The highest BCUT2D eigenvalue weighted by Crippen LogP contribution is 2.24. The average Bonchev–Trinajstić information content (AvgIpc) is 2.85. The maximum absolute atomic E-state index is 5.86. The summed E-state index contributed by atoms with van der Waals surface area (Å²) in [4.78, 5) is 0. The Kier molecular flexibility index (Phi) is 5.94. The van der Waals surface area contributed by atoms with E-state index in [2.05, 4.69) is 0 Å². The molecule has 2 N–H and O–H groups in total. The van der Waals surface area contributed by atoms with Gasteiger partial charge in [-0.15, -0.1) is 0 Å². The van der Waals surface area contributed by atoms with Crippen molar-refractivity contribution in [3.63, 3.8) is 0 Å². The molecular formula is C14H23NO. The van der Waals surface area contributed by atoms with Crippen LogP contribution in [0, 0.1) is 0 Å². The molecule has 0 bridgehead atoms. The normalized spacial score (nSPS) is 15.4. The van der Waals surface area contributed by atoms with Crippen molar-refractivity contribution in [3.05, 3.63) is 29.8 Å². The van der Waals surface area contributed by atoms with Crippen molar-refractivity contribution < 1.29 is 4.74 Å². The molecule has 0 saturated heterocycles. The molecular weight excluding hydrogens is 198 g/mol. The predicted octanol–water partition coefficient (Wildman–Crippen LogP) is 3.49. The molecule has 1 aliphatic carbocycles. The van der Waals surface area contributed by atoms with E-state index in [9.17, 15) is 0 Å². The van der Waals surface area contributed by atoms with Crippen molar-refractivity contribution in [1.82, 2.24) is 0 Å². The lowest BCUT2D eigenvalue weighted by Gasteiger charge is -2.13. The van der Waals surface area contributed by atoms with Crippen molar-refractivity contribution in [2.24, 2.45) is 5.73 Å². The van der Waals surface area contributed by atoms with Gasteiger partial charge in [-0.1, -0.05) is 26.0 Å². The fourth-order valence-corrected chi connectivity index (χ4v) is 1.94. The molecule has 0 aliphatic heterocycles. The molecule has 1 aromatic carbocycles. The SMILES string of the molecule is CC.NCc1cccc(OC2CCCC2)c1. The third-order valence-corrected chi connectivity index (χ3v) is 2.74. The van der Waals surface area contributed by atoms with Gasteiger partial charge in [-0.3, -0.25) is 0 Å². The van der Waals surface area contributed by atoms with E-state index in [-0.39, 0.29) is 0 Å². The third kappa shape index (κ3) is 3.86. The Bertz CT molecular complexity index is 293. The highest BCUT2D eigenvalue weighted by Gasteiger charge is 2.16. The van der Waals surface area contributed by atoms with Crippen molar-refractivity contribution >= 4 is 0 Å². The summed E-state index contributed by atoms with van der Waals surface area (Å²) in [5.41, 5.74) is 6.71.